The minimum Gasteiger partial charge on any atom is -0.487 e. The Hall–Kier alpha value is -3.94. The van der Waals surface area contributed by atoms with E-state index in [0.29, 0.717) is 119 Å². The van der Waals surface area contributed by atoms with Gasteiger partial charge in [0.2, 0.25) is 5.95 Å². The molecule has 2 aliphatic heterocycles. The molecule has 5 heterocycles. The van der Waals surface area contributed by atoms with E-state index in [-0.39, 0.29) is 12.1 Å². The van der Waals surface area contributed by atoms with Gasteiger partial charge in [0.05, 0.1) is 96.5 Å². The van der Waals surface area contributed by atoms with Crippen LogP contribution in [0.3, 0.4) is 0 Å². The number of hydrogen-bond donors (Lipinski definition) is 1. The molecule has 17 nitrogen and oxygen atoms in total. The summed E-state index contributed by atoms with van der Waals surface area (Å²) < 4.78 is 49.3. The smallest absolute Gasteiger partial charge is 0.257 e. The maximum absolute atomic E-state index is 6.51. The van der Waals surface area contributed by atoms with Crippen LogP contribution in [0.15, 0.2) is 49.4 Å². The van der Waals surface area contributed by atoms with E-state index in [0.717, 1.165) is 50.0 Å². The van der Waals surface area contributed by atoms with Crippen LogP contribution in [-0.2, 0) is 35.0 Å². The van der Waals surface area contributed by atoms with Crippen LogP contribution in [0.2, 0.25) is 5.02 Å². The summed E-state index contributed by atoms with van der Waals surface area (Å²) in [5.41, 5.74) is 2.39. The van der Waals surface area contributed by atoms with Crippen LogP contribution in [0, 0.1) is 0 Å². The van der Waals surface area contributed by atoms with Crippen molar-refractivity contribution in [3.63, 3.8) is 0 Å². The van der Waals surface area contributed by atoms with E-state index >= 15 is 0 Å². The Kier molecular flexibility index (Phi) is 16.5. The first-order chi connectivity index (χ1) is 29.0. The molecule has 0 spiro atoms. The Bertz CT molecular complexity index is 1800. The van der Waals surface area contributed by atoms with Crippen molar-refractivity contribution in [1.82, 2.24) is 39.4 Å². The number of nitrogens with one attached hydrogen (secondary N) is 1. The number of anilines is 2. The third-order valence-corrected chi connectivity index (χ3v) is 11.2. The zero-order chi connectivity index (χ0) is 40.7. The lowest BCUT2D eigenvalue weighted by molar-refractivity contribution is -0.0458. The van der Waals surface area contributed by atoms with E-state index in [9.17, 15) is 0 Å². The van der Waals surface area contributed by atoms with E-state index in [1.165, 1.54) is 19.2 Å². The standard InChI is InChI=1S/C41H58ClN9O8/c1-30(24-49-29-43-28-46-49)59-39-21-31(3-10-37(39)42)32-22-44-41(45-23-32)47-38-25-50(33-4-6-34(7-5-33)51-35-8-9-36(51)27-57-26-35)48-40(38)58-20-19-56-18-17-55-16-15-54-14-13-53-12-11-52-2/h3,10,21-23,25,28-30,33-36H,4-9,11-20,24,26-27H2,1-2H3,(H,44,45,47)/t30-,33?,34?,35-,36+/m0/s1. The summed E-state index contributed by atoms with van der Waals surface area (Å²) in [6, 6.07) is 7.65. The first-order valence-corrected chi connectivity index (χ1v) is 21.2. The van der Waals surface area contributed by atoms with Crippen LogP contribution in [0.25, 0.3) is 11.1 Å². The first kappa shape index (κ1) is 43.2. The molecule has 0 amide bonds. The zero-order valence-corrected chi connectivity index (χ0v) is 34.9. The van der Waals surface area contributed by atoms with Gasteiger partial charge in [-0.2, -0.15) is 5.10 Å². The molecule has 1 saturated carbocycles. The highest BCUT2D eigenvalue weighted by molar-refractivity contribution is 6.32. The van der Waals surface area contributed by atoms with Crippen molar-refractivity contribution in [2.45, 2.75) is 82.3 Å². The minimum absolute atomic E-state index is 0.182. The van der Waals surface area contributed by atoms with Gasteiger partial charge in [-0.3, -0.25) is 9.58 Å². The zero-order valence-electron chi connectivity index (χ0n) is 34.2. The lowest BCUT2D eigenvalue weighted by Gasteiger charge is -2.43. The van der Waals surface area contributed by atoms with Crippen LogP contribution in [0.4, 0.5) is 11.6 Å². The fourth-order valence-electron chi connectivity index (χ4n) is 8.01. The number of fused-ring (bicyclic) bond motifs is 2. The van der Waals surface area contributed by atoms with Crippen molar-refractivity contribution in [2.75, 3.05) is 91.7 Å². The monoisotopic (exact) mass is 839 g/mol. The van der Waals surface area contributed by atoms with Crippen LogP contribution >= 0.6 is 11.6 Å². The number of halogens is 1. The summed E-state index contributed by atoms with van der Waals surface area (Å²) >= 11 is 6.51. The summed E-state index contributed by atoms with van der Waals surface area (Å²) in [5.74, 6) is 1.47. The lowest BCUT2D eigenvalue weighted by atomic mass is 9.89. The molecule has 2 saturated heterocycles. The molecule has 322 valence electrons. The molecule has 3 atom stereocenters. The molecule has 1 aliphatic carbocycles. The molecule has 0 radical (unpaired) electrons. The van der Waals surface area contributed by atoms with E-state index < -0.39 is 0 Å². The van der Waals surface area contributed by atoms with E-state index in [1.54, 1.807) is 30.5 Å². The number of hydrogen-bond acceptors (Lipinski definition) is 15. The SMILES string of the molecule is COCCOCCOCCOCCOCCOc1nn(C2CCC(N3[C@@H]4CC[C@H]3COC4)CC2)cc1Nc1ncc(-c2ccc(Cl)c(O[C@@H](C)Cn3cncn3)c2)cn1. The molecule has 2 bridgehead atoms. The van der Waals surface area contributed by atoms with Gasteiger partial charge in [0.25, 0.3) is 5.88 Å². The molecule has 7 rings (SSSR count). The Morgan fingerprint density at radius 2 is 1.42 bits per heavy atom. The second kappa shape index (κ2) is 22.6. The van der Waals surface area contributed by atoms with E-state index in [1.807, 2.05) is 31.3 Å². The molecular weight excluding hydrogens is 782 g/mol. The van der Waals surface area contributed by atoms with Gasteiger partial charge in [-0.1, -0.05) is 17.7 Å². The van der Waals surface area contributed by atoms with Gasteiger partial charge in [0.15, 0.2) is 0 Å². The highest BCUT2D eigenvalue weighted by atomic mass is 35.5. The van der Waals surface area contributed by atoms with Gasteiger partial charge in [0.1, 0.15) is 36.8 Å². The van der Waals surface area contributed by atoms with Crippen molar-refractivity contribution < 1.29 is 37.9 Å². The Morgan fingerprint density at radius 1 is 0.797 bits per heavy atom. The Balaban J connectivity index is 0.920. The van der Waals surface area contributed by atoms with Gasteiger partial charge >= 0.3 is 0 Å². The normalized spacial score (nSPS) is 21.1. The molecule has 3 fully saturated rings. The topological polar surface area (TPSA) is 163 Å². The van der Waals surface area contributed by atoms with Gasteiger partial charge in [0, 0.05) is 43.2 Å². The Labute approximate surface area is 350 Å². The highest BCUT2D eigenvalue weighted by Crippen LogP contribution is 2.39. The second-order valence-corrected chi connectivity index (χ2v) is 15.5. The minimum atomic E-state index is -0.182. The predicted molar refractivity (Wildman–Crippen MR) is 220 cm³/mol. The number of nitrogens with zero attached hydrogens (tertiary/aromatic N) is 8. The summed E-state index contributed by atoms with van der Waals surface area (Å²) in [6.07, 6.45) is 15.4. The maximum Gasteiger partial charge on any atom is 0.257 e. The fourth-order valence-corrected chi connectivity index (χ4v) is 8.17. The number of ether oxygens (including phenoxy) is 8. The molecule has 0 unspecified atom stereocenters. The van der Waals surface area contributed by atoms with Crippen molar-refractivity contribution in [1.29, 1.82) is 0 Å². The van der Waals surface area contributed by atoms with Crippen molar-refractivity contribution >= 4 is 23.2 Å². The van der Waals surface area contributed by atoms with Crippen LogP contribution < -0.4 is 14.8 Å². The summed E-state index contributed by atoms with van der Waals surface area (Å²) in [4.78, 5) is 16.1. The Morgan fingerprint density at radius 3 is 2.07 bits per heavy atom. The number of benzene rings is 1. The number of morpholine rings is 1. The summed E-state index contributed by atoms with van der Waals surface area (Å²) in [5, 5.41) is 13.0. The van der Waals surface area contributed by atoms with Gasteiger partial charge in [-0.25, -0.2) is 19.6 Å². The van der Waals surface area contributed by atoms with E-state index in [4.69, 9.17) is 54.6 Å². The quantitative estimate of drug-likeness (QED) is 0.0863. The third kappa shape index (κ3) is 12.5. The number of methoxy groups -OCH3 is 1. The van der Waals surface area contributed by atoms with Crippen LogP contribution in [0.1, 0.15) is 51.5 Å². The van der Waals surface area contributed by atoms with Gasteiger partial charge < -0.3 is 43.2 Å². The molecular formula is C41H58ClN9O8. The lowest BCUT2D eigenvalue weighted by Crippen LogP contribution is -2.52. The first-order valence-electron chi connectivity index (χ1n) is 20.8. The second-order valence-electron chi connectivity index (χ2n) is 15.1. The maximum atomic E-state index is 6.51. The average molecular weight is 840 g/mol. The number of rotatable bonds is 25. The fraction of sp³-hybridized carbons (Fsp3) is 0.634. The molecule has 59 heavy (non-hydrogen) atoms. The molecule has 4 aromatic rings. The third-order valence-electron chi connectivity index (χ3n) is 10.9. The van der Waals surface area contributed by atoms with Crippen molar-refractivity contribution in [3.8, 4) is 22.8 Å². The molecule has 1 aromatic carbocycles. The molecule has 3 aromatic heterocycles. The predicted octanol–water partition coefficient (Wildman–Crippen LogP) is 5.23. The van der Waals surface area contributed by atoms with Crippen LogP contribution in [-0.4, -0.2) is 150 Å². The summed E-state index contributed by atoms with van der Waals surface area (Å²) in [7, 11) is 1.65. The molecule has 18 heteroatoms. The largest absolute Gasteiger partial charge is 0.487 e. The average Bonchev–Trinajstić information content (AvgIpc) is 3.98. The van der Waals surface area contributed by atoms with Crippen molar-refractivity contribution in [3.05, 3.63) is 54.5 Å². The van der Waals surface area contributed by atoms with Gasteiger partial charge in [-0.15, -0.1) is 5.10 Å². The van der Waals surface area contributed by atoms with Crippen LogP contribution in [0.5, 0.6) is 11.6 Å². The molecule has 1 N–H and O–H groups in total. The molecule has 3 aliphatic rings. The van der Waals surface area contributed by atoms with E-state index in [2.05, 4.69) is 34.9 Å². The van der Waals surface area contributed by atoms with Crippen molar-refractivity contribution in [2.24, 2.45) is 0 Å². The van der Waals surface area contributed by atoms with Gasteiger partial charge in [-0.05, 0) is 63.1 Å². The highest BCUT2D eigenvalue weighted by Gasteiger charge is 2.42. The summed E-state index contributed by atoms with van der Waals surface area (Å²) in [6.45, 7) is 9.03. The number of aromatic nitrogens is 7.